The Morgan fingerprint density at radius 3 is 2.56 bits per heavy atom. The molecule has 3 heteroatoms. The van der Waals surface area contributed by atoms with E-state index in [0.717, 1.165) is 32.5 Å². The zero-order chi connectivity index (χ0) is 11.2. The van der Waals surface area contributed by atoms with Crippen molar-refractivity contribution in [1.29, 1.82) is 0 Å². The van der Waals surface area contributed by atoms with Crippen LogP contribution in [0.5, 0.6) is 0 Å². The SMILES string of the molecule is C=NOC1CCN(Cc2ccccc2)CC1. The summed E-state index contributed by atoms with van der Waals surface area (Å²) in [7, 11) is 0. The predicted octanol–water partition coefficient (Wildman–Crippen LogP) is 2.28. The Balaban J connectivity index is 1.79. The van der Waals surface area contributed by atoms with Crippen molar-refractivity contribution in [3.8, 4) is 0 Å². The van der Waals surface area contributed by atoms with Gasteiger partial charge in [0.25, 0.3) is 0 Å². The number of oxime groups is 1. The molecule has 0 atom stereocenters. The maximum absolute atomic E-state index is 5.17. The third-order valence-electron chi connectivity index (χ3n) is 3.01. The molecule has 1 aliphatic heterocycles. The van der Waals surface area contributed by atoms with E-state index in [-0.39, 0.29) is 6.10 Å². The Hall–Kier alpha value is -1.35. The highest BCUT2D eigenvalue weighted by molar-refractivity contribution is 5.21. The number of piperidine rings is 1. The van der Waals surface area contributed by atoms with E-state index in [2.05, 4.69) is 47.1 Å². The van der Waals surface area contributed by atoms with Gasteiger partial charge in [-0.25, -0.2) is 0 Å². The van der Waals surface area contributed by atoms with Crippen molar-refractivity contribution < 1.29 is 4.84 Å². The van der Waals surface area contributed by atoms with E-state index >= 15 is 0 Å². The fraction of sp³-hybridized carbons (Fsp3) is 0.462. The van der Waals surface area contributed by atoms with Gasteiger partial charge >= 0.3 is 0 Å². The van der Waals surface area contributed by atoms with Crippen molar-refractivity contribution in [3.05, 3.63) is 35.9 Å². The molecule has 1 heterocycles. The van der Waals surface area contributed by atoms with Crippen LogP contribution in [0.4, 0.5) is 0 Å². The molecule has 1 aromatic rings. The summed E-state index contributed by atoms with van der Waals surface area (Å²) in [5, 5.41) is 3.50. The summed E-state index contributed by atoms with van der Waals surface area (Å²) in [4.78, 5) is 7.63. The summed E-state index contributed by atoms with van der Waals surface area (Å²) >= 11 is 0. The summed E-state index contributed by atoms with van der Waals surface area (Å²) in [5.74, 6) is 0. The fourth-order valence-corrected chi connectivity index (χ4v) is 2.12. The lowest BCUT2D eigenvalue weighted by Crippen LogP contribution is -2.35. The maximum Gasteiger partial charge on any atom is 0.130 e. The van der Waals surface area contributed by atoms with E-state index in [1.54, 1.807) is 0 Å². The first-order valence-corrected chi connectivity index (χ1v) is 5.76. The highest BCUT2D eigenvalue weighted by Gasteiger charge is 2.19. The summed E-state index contributed by atoms with van der Waals surface area (Å²) in [6.45, 7) is 6.55. The number of hydrogen-bond acceptors (Lipinski definition) is 3. The van der Waals surface area contributed by atoms with Crippen molar-refractivity contribution in [3.63, 3.8) is 0 Å². The number of hydrogen-bond donors (Lipinski definition) is 0. The summed E-state index contributed by atoms with van der Waals surface area (Å²) in [5.41, 5.74) is 1.38. The first kappa shape index (κ1) is 11.1. The van der Waals surface area contributed by atoms with Gasteiger partial charge in [0.05, 0.1) is 0 Å². The summed E-state index contributed by atoms with van der Waals surface area (Å²) < 4.78 is 0. The van der Waals surface area contributed by atoms with Crippen LogP contribution in [0.25, 0.3) is 0 Å². The molecule has 1 saturated heterocycles. The standard InChI is InChI=1S/C13H18N2O/c1-14-16-13-7-9-15(10-8-13)11-12-5-3-2-4-6-12/h2-6,13H,1,7-11H2. The zero-order valence-corrected chi connectivity index (χ0v) is 9.51. The minimum Gasteiger partial charge on any atom is -0.393 e. The van der Waals surface area contributed by atoms with Gasteiger partial charge < -0.3 is 4.84 Å². The first-order valence-electron chi connectivity index (χ1n) is 5.76. The van der Waals surface area contributed by atoms with Gasteiger partial charge in [0.15, 0.2) is 0 Å². The molecule has 0 radical (unpaired) electrons. The molecule has 0 aromatic heterocycles. The van der Waals surface area contributed by atoms with Crippen LogP contribution in [-0.2, 0) is 11.4 Å². The summed E-state index contributed by atoms with van der Waals surface area (Å²) in [6, 6.07) is 10.6. The molecule has 3 nitrogen and oxygen atoms in total. The van der Waals surface area contributed by atoms with Crippen molar-refractivity contribution in [2.75, 3.05) is 13.1 Å². The second-order valence-electron chi connectivity index (χ2n) is 4.20. The molecule has 1 fully saturated rings. The van der Waals surface area contributed by atoms with Crippen molar-refractivity contribution >= 4 is 6.72 Å². The first-order chi connectivity index (χ1) is 7.88. The van der Waals surface area contributed by atoms with Crippen LogP contribution in [0, 0.1) is 0 Å². The van der Waals surface area contributed by atoms with Gasteiger partial charge in [-0.2, -0.15) is 0 Å². The molecule has 0 N–H and O–H groups in total. The molecule has 0 spiro atoms. The molecule has 1 aromatic carbocycles. The predicted molar refractivity (Wildman–Crippen MR) is 65.4 cm³/mol. The molecule has 1 aliphatic rings. The lowest BCUT2D eigenvalue weighted by atomic mass is 10.1. The van der Waals surface area contributed by atoms with Gasteiger partial charge in [-0.3, -0.25) is 4.90 Å². The van der Waals surface area contributed by atoms with Gasteiger partial charge in [-0.15, -0.1) is 5.16 Å². The Morgan fingerprint density at radius 2 is 1.94 bits per heavy atom. The van der Waals surface area contributed by atoms with Gasteiger partial charge in [0, 0.05) is 26.4 Å². The quantitative estimate of drug-likeness (QED) is 0.572. The smallest absolute Gasteiger partial charge is 0.130 e. The molecule has 0 saturated carbocycles. The van der Waals surface area contributed by atoms with Crippen molar-refractivity contribution in [2.45, 2.75) is 25.5 Å². The van der Waals surface area contributed by atoms with Crippen LogP contribution >= 0.6 is 0 Å². The van der Waals surface area contributed by atoms with E-state index in [1.165, 1.54) is 5.56 Å². The van der Waals surface area contributed by atoms with Crippen LogP contribution in [0.2, 0.25) is 0 Å². The van der Waals surface area contributed by atoms with E-state index < -0.39 is 0 Å². The van der Waals surface area contributed by atoms with Crippen LogP contribution in [-0.4, -0.2) is 30.8 Å². The van der Waals surface area contributed by atoms with E-state index in [4.69, 9.17) is 4.84 Å². The molecular formula is C13H18N2O. The van der Waals surface area contributed by atoms with E-state index in [9.17, 15) is 0 Å². The average Bonchev–Trinajstić information content (AvgIpc) is 2.33. The highest BCUT2D eigenvalue weighted by atomic mass is 16.6. The van der Waals surface area contributed by atoms with E-state index in [0.29, 0.717) is 0 Å². The minimum absolute atomic E-state index is 0.268. The topological polar surface area (TPSA) is 24.8 Å². The van der Waals surface area contributed by atoms with Gasteiger partial charge in [-0.05, 0) is 18.4 Å². The van der Waals surface area contributed by atoms with Gasteiger partial charge in [0.2, 0.25) is 0 Å². The molecule has 16 heavy (non-hydrogen) atoms. The number of benzene rings is 1. The number of likely N-dealkylation sites (tertiary alicyclic amines) is 1. The molecule has 86 valence electrons. The van der Waals surface area contributed by atoms with Crippen LogP contribution < -0.4 is 0 Å². The van der Waals surface area contributed by atoms with E-state index in [1.807, 2.05) is 0 Å². The largest absolute Gasteiger partial charge is 0.393 e. The van der Waals surface area contributed by atoms with Crippen LogP contribution in [0.3, 0.4) is 0 Å². The van der Waals surface area contributed by atoms with Gasteiger partial charge in [0.1, 0.15) is 6.10 Å². The second kappa shape index (κ2) is 5.66. The molecule has 0 aliphatic carbocycles. The van der Waals surface area contributed by atoms with Crippen LogP contribution in [0.1, 0.15) is 18.4 Å². The zero-order valence-electron chi connectivity index (χ0n) is 9.51. The second-order valence-corrected chi connectivity index (χ2v) is 4.20. The molecule has 0 bridgehead atoms. The molecular weight excluding hydrogens is 200 g/mol. The molecule has 0 amide bonds. The monoisotopic (exact) mass is 218 g/mol. The van der Waals surface area contributed by atoms with Gasteiger partial charge in [-0.1, -0.05) is 30.3 Å². The molecule has 2 rings (SSSR count). The maximum atomic E-state index is 5.17. The van der Waals surface area contributed by atoms with Crippen LogP contribution in [0.15, 0.2) is 35.5 Å². The third-order valence-corrected chi connectivity index (χ3v) is 3.01. The Bertz CT molecular complexity index is 318. The lowest BCUT2D eigenvalue weighted by molar-refractivity contribution is 0.0105. The molecule has 0 unspecified atom stereocenters. The third kappa shape index (κ3) is 3.07. The Labute approximate surface area is 96.7 Å². The summed E-state index contributed by atoms with van der Waals surface area (Å²) in [6.07, 6.45) is 2.36. The number of rotatable bonds is 4. The fourth-order valence-electron chi connectivity index (χ4n) is 2.12. The average molecular weight is 218 g/mol. The Kier molecular flexibility index (Phi) is 3.94. The Morgan fingerprint density at radius 1 is 1.25 bits per heavy atom. The van der Waals surface area contributed by atoms with Crippen molar-refractivity contribution in [1.82, 2.24) is 4.90 Å². The number of nitrogens with zero attached hydrogens (tertiary/aromatic N) is 2. The van der Waals surface area contributed by atoms with Crippen molar-refractivity contribution in [2.24, 2.45) is 5.16 Å². The minimum atomic E-state index is 0.268. The normalized spacial score (nSPS) is 18.2. The highest BCUT2D eigenvalue weighted by Crippen LogP contribution is 2.16. The lowest BCUT2D eigenvalue weighted by Gasteiger charge is -2.30.